The van der Waals surface area contributed by atoms with Crippen molar-refractivity contribution in [3.8, 4) is 23.1 Å². The quantitative estimate of drug-likeness (QED) is 0.259. The van der Waals surface area contributed by atoms with Crippen molar-refractivity contribution in [2.45, 2.75) is 79.4 Å². The Morgan fingerprint density at radius 2 is 1.77 bits per heavy atom. The smallest absolute Gasteiger partial charge is 0.336 e. The van der Waals surface area contributed by atoms with Crippen LogP contribution in [0.4, 0.5) is 10.2 Å². The fraction of sp³-hybridized carbons (Fsp3) is 0.588. The highest BCUT2D eigenvalue weighted by Crippen LogP contribution is 2.48. The van der Waals surface area contributed by atoms with E-state index in [1.165, 1.54) is 11.2 Å². The van der Waals surface area contributed by atoms with Crippen molar-refractivity contribution in [3.63, 3.8) is 0 Å². The van der Waals surface area contributed by atoms with Crippen LogP contribution in [0, 0.1) is 17.2 Å². The number of nitrogens with one attached hydrogen (secondary N) is 1. The number of hydrogen-bond acceptors (Lipinski definition) is 12. The molecule has 14 heteroatoms. The number of likely N-dealkylation sites (tertiary alicyclic amines) is 1. The Hall–Kier alpha value is -4.17. The van der Waals surface area contributed by atoms with Gasteiger partial charge in [0.2, 0.25) is 11.5 Å². The third-order valence-electron chi connectivity index (χ3n) is 9.18. The predicted molar refractivity (Wildman–Crippen MR) is 176 cm³/mol. The second-order valence-electron chi connectivity index (χ2n) is 13.7. The molecule has 1 spiro atoms. The van der Waals surface area contributed by atoms with Gasteiger partial charge in [0.25, 0.3) is 11.8 Å². The average Bonchev–Trinajstić information content (AvgIpc) is 3.45. The van der Waals surface area contributed by atoms with Gasteiger partial charge in [0.15, 0.2) is 17.4 Å². The summed E-state index contributed by atoms with van der Waals surface area (Å²) in [5, 5.41) is 11.7. The topological polar surface area (TPSA) is 139 Å². The summed E-state index contributed by atoms with van der Waals surface area (Å²) in [4.78, 5) is 49.3. The molecule has 1 aromatic carbocycles. The van der Waals surface area contributed by atoms with E-state index in [-0.39, 0.29) is 28.6 Å². The lowest BCUT2D eigenvalue weighted by atomic mass is 9.76. The molecule has 2 saturated heterocycles. The molecule has 1 atom stereocenters. The van der Waals surface area contributed by atoms with Crippen molar-refractivity contribution in [1.29, 1.82) is 0 Å². The van der Waals surface area contributed by atoms with Crippen molar-refractivity contribution in [2.75, 3.05) is 44.2 Å². The molecule has 260 valence electrons. The van der Waals surface area contributed by atoms with Crippen LogP contribution in [0.1, 0.15) is 71.7 Å². The highest BCUT2D eigenvalue weighted by Gasteiger charge is 2.50. The molecule has 48 heavy (non-hydrogen) atoms. The number of esters is 2. The maximum atomic E-state index is 15.5. The van der Waals surface area contributed by atoms with Crippen LogP contribution in [-0.4, -0.2) is 100 Å². The zero-order valence-electron chi connectivity index (χ0n) is 28.8. The number of hydrogen-bond donors (Lipinski definition) is 1. The van der Waals surface area contributed by atoms with Gasteiger partial charge in [-0.1, -0.05) is 27.7 Å². The fourth-order valence-corrected chi connectivity index (χ4v) is 6.86. The highest BCUT2D eigenvalue weighted by molar-refractivity contribution is 6.01. The summed E-state index contributed by atoms with van der Waals surface area (Å²) in [7, 11) is 0. The molecular weight excluding hydrogens is 621 g/mol. The third kappa shape index (κ3) is 7.44. The summed E-state index contributed by atoms with van der Waals surface area (Å²) in [6.45, 7) is 18.9. The van der Waals surface area contributed by atoms with Crippen molar-refractivity contribution < 1.29 is 33.0 Å². The van der Waals surface area contributed by atoms with Gasteiger partial charge in [0, 0.05) is 68.4 Å². The van der Waals surface area contributed by atoms with E-state index in [9.17, 15) is 14.4 Å². The first-order valence-corrected chi connectivity index (χ1v) is 16.7. The largest absolute Gasteiger partial charge is 0.430 e. The summed E-state index contributed by atoms with van der Waals surface area (Å²) in [6, 6.07) is 1.59. The minimum absolute atomic E-state index is 0.0685. The van der Waals surface area contributed by atoms with Gasteiger partial charge >= 0.3 is 11.9 Å². The normalized spacial score (nSPS) is 18.7. The second kappa shape index (κ2) is 14.5. The zero-order chi connectivity index (χ0) is 34.7. The van der Waals surface area contributed by atoms with E-state index in [4.69, 9.17) is 14.2 Å². The summed E-state index contributed by atoms with van der Waals surface area (Å²) in [5.41, 5.74) is -0.173. The minimum Gasteiger partial charge on any atom is -0.430 e. The number of halogens is 1. The molecule has 5 rings (SSSR count). The molecule has 1 aromatic heterocycles. The molecule has 13 nitrogen and oxygen atoms in total. The summed E-state index contributed by atoms with van der Waals surface area (Å²) in [6.07, 6.45) is 5.00. The number of carbonyl (C=O) groups excluding carboxylic acids is 3. The molecule has 0 saturated carbocycles. The molecule has 1 amide bonds. The third-order valence-corrected chi connectivity index (χ3v) is 9.18. The Morgan fingerprint density at radius 3 is 2.40 bits per heavy atom. The predicted octanol–water partition coefficient (Wildman–Crippen LogP) is 3.98. The standard InChI is InChI=1S/C34H46FN7O6/c1-8-42(22(6)7)33(45)23-15-24(35)29-30(47-27(44)10-9-26(43)46-29)28(23)48-32-31(37-19-38-39-32)40-14-12-34(16-40)17-41(18-34)25(20(2)3)11-13-36-21(4)5/h9-10,15,19-22,25,36H,8,11-14,16-18H2,1-7H3/b10-9+. The SMILES string of the molecule is CCN(C(=O)c1cc(F)c2c(c1Oc1nncnc1N1CCC3(C1)CN(C(CCNC(C)C)C(C)C)C3)OC(=O)/C=C/C(=O)O2)C(C)C. The molecule has 1 unspecified atom stereocenters. The van der Waals surface area contributed by atoms with E-state index >= 15 is 4.39 Å². The Bertz CT molecular complexity index is 1560. The van der Waals surface area contributed by atoms with Crippen molar-refractivity contribution in [1.82, 2.24) is 30.3 Å². The van der Waals surface area contributed by atoms with Crippen molar-refractivity contribution in [3.05, 3.63) is 35.9 Å². The van der Waals surface area contributed by atoms with Crippen LogP contribution in [0.5, 0.6) is 23.1 Å². The molecule has 3 aliphatic heterocycles. The van der Waals surface area contributed by atoms with Crippen molar-refractivity contribution in [2.24, 2.45) is 11.3 Å². The highest BCUT2D eigenvalue weighted by atomic mass is 19.1. The summed E-state index contributed by atoms with van der Waals surface area (Å²) in [5.74, 6) is -4.39. The Morgan fingerprint density at radius 1 is 1.08 bits per heavy atom. The van der Waals surface area contributed by atoms with E-state index < -0.39 is 35.2 Å². The monoisotopic (exact) mass is 667 g/mol. The van der Waals surface area contributed by atoms with Crippen LogP contribution in [0.3, 0.4) is 0 Å². The Labute approximate surface area is 280 Å². The van der Waals surface area contributed by atoms with E-state index in [1.807, 2.05) is 13.8 Å². The number of benzene rings is 1. The second-order valence-corrected chi connectivity index (χ2v) is 13.7. The minimum atomic E-state index is -1.08. The maximum absolute atomic E-state index is 15.5. The number of amides is 1. The lowest BCUT2D eigenvalue weighted by Crippen LogP contribution is -2.62. The number of carbonyl (C=O) groups is 3. The molecule has 4 heterocycles. The molecule has 2 fully saturated rings. The van der Waals surface area contributed by atoms with Crippen LogP contribution in [0.15, 0.2) is 24.5 Å². The maximum Gasteiger partial charge on any atom is 0.336 e. The van der Waals surface area contributed by atoms with Gasteiger partial charge in [-0.3, -0.25) is 9.69 Å². The number of fused-ring (bicyclic) bond motifs is 1. The molecule has 0 radical (unpaired) electrons. The van der Waals surface area contributed by atoms with E-state index in [0.717, 1.165) is 50.7 Å². The molecule has 0 bridgehead atoms. The molecule has 2 aromatic rings. The molecule has 3 aliphatic rings. The number of anilines is 1. The Balaban J connectivity index is 1.45. The van der Waals surface area contributed by atoms with E-state index in [0.29, 0.717) is 43.5 Å². The van der Waals surface area contributed by atoms with Gasteiger partial charge < -0.3 is 29.3 Å². The number of nitrogens with zero attached hydrogens (tertiary/aromatic N) is 6. The van der Waals surface area contributed by atoms with Gasteiger partial charge in [0.05, 0.1) is 5.56 Å². The first-order chi connectivity index (χ1) is 22.8. The average molecular weight is 668 g/mol. The van der Waals surface area contributed by atoms with Crippen LogP contribution < -0.4 is 24.4 Å². The summed E-state index contributed by atoms with van der Waals surface area (Å²) < 4.78 is 32.4. The van der Waals surface area contributed by atoms with Gasteiger partial charge in [-0.2, -0.15) is 0 Å². The first-order valence-electron chi connectivity index (χ1n) is 16.7. The lowest BCUT2D eigenvalue weighted by Gasteiger charge is -2.53. The van der Waals surface area contributed by atoms with Crippen molar-refractivity contribution >= 4 is 23.7 Å². The molecular formula is C34H46FN7O6. The zero-order valence-corrected chi connectivity index (χ0v) is 28.8. The Kier molecular flexibility index (Phi) is 10.6. The molecule has 0 aliphatic carbocycles. The van der Waals surface area contributed by atoms with Crippen LogP contribution in [-0.2, 0) is 9.59 Å². The summed E-state index contributed by atoms with van der Waals surface area (Å²) >= 11 is 0. The van der Waals surface area contributed by atoms with Gasteiger partial charge in [-0.25, -0.2) is 19.0 Å². The number of rotatable bonds is 12. The lowest BCUT2D eigenvalue weighted by molar-refractivity contribution is -0.133. The van der Waals surface area contributed by atoms with E-state index in [1.54, 1.807) is 6.92 Å². The molecule has 1 N–H and O–H groups in total. The van der Waals surface area contributed by atoms with Gasteiger partial charge in [0.1, 0.15) is 6.33 Å². The van der Waals surface area contributed by atoms with Gasteiger partial charge in [-0.05, 0) is 52.1 Å². The van der Waals surface area contributed by atoms with E-state index in [2.05, 4.69) is 58.0 Å². The van der Waals surface area contributed by atoms with Crippen LogP contribution >= 0.6 is 0 Å². The fourth-order valence-electron chi connectivity index (χ4n) is 6.86. The van der Waals surface area contributed by atoms with Gasteiger partial charge in [-0.15, -0.1) is 10.2 Å². The number of ether oxygens (including phenoxy) is 3. The van der Waals surface area contributed by atoms with Crippen LogP contribution in [0.25, 0.3) is 0 Å². The number of aromatic nitrogens is 3. The first kappa shape index (κ1) is 35.1. The van der Waals surface area contributed by atoms with Crippen LogP contribution in [0.2, 0.25) is 0 Å².